The largest absolute Gasteiger partial charge is 0.445 e. The molecule has 1 fully saturated rings. The third kappa shape index (κ3) is 4.97. The predicted molar refractivity (Wildman–Crippen MR) is 86.1 cm³/mol. The summed E-state index contributed by atoms with van der Waals surface area (Å²) >= 11 is 0. The average molecular weight is 334 g/mol. The lowest BCUT2D eigenvalue weighted by molar-refractivity contribution is -0.136. The van der Waals surface area contributed by atoms with Gasteiger partial charge in [0.1, 0.15) is 12.6 Å². The van der Waals surface area contributed by atoms with Crippen LogP contribution in [0.4, 0.5) is 9.59 Å². The monoisotopic (exact) mass is 334 g/mol. The summed E-state index contributed by atoms with van der Waals surface area (Å²) in [4.78, 5) is 36.4. The zero-order valence-corrected chi connectivity index (χ0v) is 13.9. The maximum absolute atomic E-state index is 11.7. The molecule has 0 saturated carbocycles. The Morgan fingerprint density at radius 1 is 1.29 bits per heavy atom. The van der Waals surface area contributed by atoms with E-state index in [2.05, 4.69) is 10.1 Å². The van der Waals surface area contributed by atoms with Crippen LogP contribution >= 0.6 is 0 Å². The summed E-state index contributed by atoms with van der Waals surface area (Å²) in [5, 5.41) is 2.57. The first-order valence-electron chi connectivity index (χ1n) is 7.94. The molecule has 0 aliphatic carbocycles. The summed E-state index contributed by atoms with van der Waals surface area (Å²) in [7, 11) is 0. The molecule has 1 atom stereocenters. The van der Waals surface area contributed by atoms with Gasteiger partial charge in [0.2, 0.25) is 0 Å². The quantitative estimate of drug-likeness (QED) is 0.611. The van der Waals surface area contributed by atoms with Crippen LogP contribution in [0.2, 0.25) is 0 Å². The number of cyclic esters (lactones) is 2. The Labute approximate surface area is 140 Å². The van der Waals surface area contributed by atoms with Gasteiger partial charge in [-0.15, -0.1) is 0 Å². The number of rotatable bonds is 7. The van der Waals surface area contributed by atoms with Crippen LogP contribution in [0.5, 0.6) is 0 Å². The van der Waals surface area contributed by atoms with Gasteiger partial charge >= 0.3 is 18.2 Å². The molecule has 1 aliphatic heterocycles. The Bertz CT molecular complexity index is 588. The van der Waals surface area contributed by atoms with Crippen LogP contribution < -0.4 is 5.32 Å². The highest BCUT2D eigenvalue weighted by atomic mass is 16.6. The van der Waals surface area contributed by atoms with Gasteiger partial charge < -0.3 is 14.8 Å². The van der Waals surface area contributed by atoms with Gasteiger partial charge in [0.15, 0.2) is 0 Å². The number of amides is 2. The molecular weight excluding hydrogens is 312 g/mol. The molecule has 1 aromatic carbocycles. The number of hydrogen-bond donors (Lipinski definition) is 1. The van der Waals surface area contributed by atoms with E-state index >= 15 is 0 Å². The van der Waals surface area contributed by atoms with Gasteiger partial charge in [0, 0.05) is 13.1 Å². The van der Waals surface area contributed by atoms with E-state index in [1.165, 1.54) is 4.90 Å². The van der Waals surface area contributed by atoms with Crippen molar-refractivity contribution in [1.82, 2.24) is 10.2 Å². The van der Waals surface area contributed by atoms with E-state index in [0.717, 1.165) is 5.56 Å². The number of carbonyl (C=O) groups is 3. The standard InChI is InChI=1S/C17H22N2O5/c1-12(2)10-14-15(20)24-17(22)19(14)9-8-18-16(21)23-11-13-6-4-3-5-7-13/h3-7,12,14H,8-11H2,1-2H3,(H,18,21)/t14-/m1/s1. The number of hydrogen-bond acceptors (Lipinski definition) is 5. The van der Waals surface area contributed by atoms with Crippen LogP contribution in [-0.4, -0.2) is 42.2 Å². The summed E-state index contributed by atoms with van der Waals surface area (Å²) in [6.45, 7) is 4.49. The van der Waals surface area contributed by atoms with Gasteiger partial charge in [-0.25, -0.2) is 14.4 Å². The highest BCUT2D eigenvalue weighted by Gasteiger charge is 2.40. The van der Waals surface area contributed by atoms with Crippen LogP contribution in [0, 0.1) is 5.92 Å². The Kier molecular flexibility index (Phi) is 6.17. The van der Waals surface area contributed by atoms with E-state index in [1.54, 1.807) is 0 Å². The fraction of sp³-hybridized carbons (Fsp3) is 0.471. The van der Waals surface area contributed by atoms with Gasteiger partial charge in [0.25, 0.3) is 0 Å². The Hall–Kier alpha value is -2.57. The lowest BCUT2D eigenvalue weighted by atomic mass is 10.0. The molecule has 2 amide bonds. The molecule has 1 heterocycles. The highest BCUT2D eigenvalue weighted by molar-refractivity contribution is 5.95. The molecule has 1 N–H and O–H groups in total. The molecule has 130 valence electrons. The lowest BCUT2D eigenvalue weighted by Gasteiger charge is -2.21. The molecule has 1 saturated heterocycles. The fourth-order valence-electron chi connectivity index (χ4n) is 2.44. The van der Waals surface area contributed by atoms with Crippen LogP contribution in [0.25, 0.3) is 0 Å². The van der Waals surface area contributed by atoms with Gasteiger partial charge in [-0.05, 0) is 17.9 Å². The van der Waals surface area contributed by atoms with Crippen molar-refractivity contribution in [2.75, 3.05) is 13.1 Å². The molecular formula is C17H22N2O5. The molecule has 24 heavy (non-hydrogen) atoms. The Morgan fingerprint density at radius 2 is 2.00 bits per heavy atom. The molecule has 0 radical (unpaired) electrons. The first-order chi connectivity index (χ1) is 11.5. The number of nitrogens with one attached hydrogen (secondary N) is 1. The SMILES string of the molecule is CC(C)C[C@@H]1C(=O)OC(=O)N1CCNC(=O)OCc1ccccc1. The maximum atomic E-state index is 11.7. The molecule has 0 aromatic heterocycles. The van der Waals surface area contributed by atoms with Crippen molar-refractivity contribution < 1.29 is 23.9 Å². The van der Waals surface area contributed by atoms with E-state index in [1.807, 2.05) is 44.2 Å². The van der Waals surface area contributed by atoms with Crippen LogP contribution in [0.15, 0.2) is 30.3 Å². The van der Waals surface area contributed by atoms with Crippen LogP contribution in [0.3, 0.4) is 0 Å². The van der Waals surface area contributed by atoms with Gasteiger partial charge in [-0.1, -0.05) is 44.2 Å². The molecule has 1 aliphatic rings. The third-order valence-corrected chi connectivity index (χ3v) is 3.60. The number of benzene rings is 1. The molecule has 0 spiro atoms. The van der Waals surface area contributed by atoms with Crippen LogP contribution in [0.1, 0.15) is 25.8 Å². The first kappa shape index (κ1) is 17.8. The second-order valence-electron chi connectivity index (χ2n) is 6.01. The van der Waals surface area contributed by atoms with Crippen molar-refractivity contribution >= 4 is 18.2 Å². The number of alkyl carbamates (subject to hydrolysis) is 1. The van der Waals surface area contributed by atoms with Crippen molar-refractivity contribution in [3.63, 3.8) is 0 Å². The topological polar surface area (TPSA) is 84.9 Å². The molecule has 7 heteroatoms. The first-order valence-corrected chi connectivity index (χ1v) is 7.94. The van der Waals surface area contributed by atoms with E-state index in [9.17, 15) is 14.4 Å². The molecule has 2 rings (SSSR count). The summed E-state index contributed by atoms with van der Waals surface area (Å²) < 4.78 is 9.73. The minimum Gasteiger partial charge on any atom is -0.445 e. The van der Waals surface area contributed by atoms with Gasteiger partial charge in [0.05, 0.1) is 0 Å². The lowest BCUT2D eigenvalue weighted by Crippen LogP contribution is -2.41. The van der Waals surface area contributed by atoms with Gasteiger partial charge in [-0.2, -0.15) is 0 Å². The van der Waals surface area contributed by atoms with Gasteiger partial charge in [-0.3, -0.25) is 4.90 Å². The van der Waals surface area contributed by atoms with Crippen molar-refractivity contribution in [2.24, 2.45) is 5.92 Å². The molecule has 7 nitrogen and oxygen atoms in total. The van der Waals surface area contributed by atoms with Crippen molar-refractivity contribution in [2.45, 2.75) is 32.9 Å². The minimum absolute atomic E-state index is 0.174. The second kappa shape index (κ2) is 8.33. The number of ether oxygens (including phenoxy) is 2. The zero-order chi connectivity index (χ0) is 17.5. The smallest absolute Gasteiger partial charge is 0.418 e. The number of nitrogens with zero attached hydrogens (tertiary/aromatic N) is 1. The summed E-state index contributed by atoms with van der Waals surface area (Å²) in [6, 6.07) is 8.74. The fourth-order valence-corrected chi connectivity index (χ4v) is 2.44. The third-order valence-electron chi connectivity index (χ3n) is 3.60. The Balaban J connectivity index is 1.74. The zero-order valence-electron chi connectivity index (χ0n) is 13.9. The van der Waals surface area contributed by atoms with E-state index < -0.39 is 24.2 Å². The van der Waals surface area contributed by atoms with E-state index in [-0.39, 0.29) is 25.6 Å². The Morgan fingerprint density at radius 3 is 2.67 bits per heavy atom. The summed E-state index contributed by atoms with van der Waals surface area (Å²) in [5.74, 6) is -0.278. The predicted octanol–water partition coefficient (Wildman–Crippen LogP) is 2.31. The van der Waals surface area contributed by atoms with Crippen LogP contribution in [-0.2, 0) is 20.9 Å². The maximum Gasteiger partial charge on any atom is 0.418 e. The second-order valence-corrected chi connectivity index (χ2v) is 6.01. The highest BCUT2D eigenvalue weighted by Crippen LogP contribution is 2.20. The number of esters is 1. The molecule has 0 unspecified atom stereocenters. The summed E-state index contributed by atoms with van der Waals surface area (Å²) in [6.07, 6.45) is -0.702. The van der Waals surface area contributed by atoms with Crippen molar-refractivity contribution in [3.05, 3.63) is 35.9 Å². The average Bonchev–Trinajstić information content (AvgIpc) is 2.80. The van der Waals surface area contributed by atoms with E-state index in [4.69, 9.17) is 4.74 Å². The minimum atomic E-state index is -0.662. The molecule has 1 aromatic rings. The van der Waals surface area contributed by atoms with Crippen molar-refractivity contribution in [1.29, 1.82) is 0 Å². The number of carbonyl (C=O) groups excluding carboxylic acids is 3. The molecule has 0 bridgehead atoms. The summed E-state index contributed by atoms with van der Waals surface area (Å²) in [5.41, 5.74) is 0.887. The van der Waals surface area contributed by atoms with E-state index in [0.29, 0.717) is 6.42 Å². The van der Waals surface area contributed by atoms with Crippen molar-refractivity contribution in [3.8, 4) is 0 Å². The normalized spacial score (nSPS) is 17.1.